The first kappa shape index (κ1) is 23.6. The molecule has 2 N–H and O–H groups in total. The maximum atomic E-state index is 13.3. The van der Waals surface area contributed by atoms with Gasteiger partial charge >= 0.3 is 6.03 Å². The van der Waals surface area contributed by atoms with E-state index < -0.39 is 11.8 Å². The SMILES string of the molecule is O=C(Nc1ccc(N2CCN(C(=O)c3ccc4ccccc4c3)CC2)cc1)Nc1ccc(F)c(Cl)c1. The fourth-order valence-electron chi connectivity index (χ4n) is 4.30. The maximum Gasteiger partial charge on any atom is 0.323 e. The average molecular weight is 503 g/mol. The van der Waals surface area contributed by atoms with Crippen molar-refractivity contribution in [1.29, 1.82) is 0 Å². The molecule has 0 aromatic heterocycles. The van der Waals surface area contributed by atoms with Crippen LogP contribution in [-0.4, -0.2) is 43.0 Å². The van der Waals surface area contributed by atoms with Crippen molar-refractivity contribution < 1.29 is 14.0 Å². The van der Waals surface area contributed by atoms with E-state index in [9.17, 15) is 14.0 Å². The molecule has 0 bridgehead atoms. The smallest absolute Gasteiger partial charge is 0.323 e. The van der Waals surface area contributed by atoms with E-state index in [0.717, 1.165) is 29.5 Å². The van der Waals surface area contributed by atoms with E-state index in [0.29, 0.717) is 30.0 Å². The van der Waals surface area contributed by atoms with Gasteiger partial charge in [0.15, 0.2) is 0 Å². The van der Waals surface area contributed by atoms with Crippen LogP contribution in [0.15, 0.2) is 84.9 Å². The molecule has 0 aliphatic carbocycles. The lowest BCUT2D eigenvalue weighted by atomic mass is 10.1. The fraction of sp³-hybridized carbons (Fsp3) is 0.143. The number of halogens is 2. The summed E-state index contributed by atoms with van der Waals surface area (Å²) in [5, 5.41) is 7.50. The van der Waals surface area contributed by atoms with Crippen molar-refractivity contribution in [3.05, 3.63) is 101 Å². The van der Waals surface area contributed by atoms with Gasteiger partial charge in [-0.05, 0) is 65.4 Å². The number of anilines is 3. The maximum absolute atomic E-state index is 13.3. The number of nitrogens with zero attached hydrogens (tertiary/aromatic N) is 2. The second-order valence-corrected chi connectivity index (χ2v) is 9.00. The quantitative estimate of drug-likeness (QED) is 0.347. The molecule has 1 aliphatic rings. The second-order valence-electron chi connectivity index (χ2n) is 8.60. The first-order chi connectivity index (χ1) is 17.5. The van der Waals surface area contributed by atoms with Crippen molar-refractivity contribution in [2.24, 2.45) is 0 Å². The van der Waals surface area contributed by atoms with Gasteiger partial charge in [-0.15, -0.1) is 0 Å². The van der Waals surface area contributed by atoms with Gasteiger partial charge in [0.25, 0.3) is 5.91 Å². The molecule has 1 aliphatic heterocycles. The van der Waals surface area contributed by atoms with Crippen LogP contribution in [0.1, 0.15) is 10.4 Å². The van der Waals surface area contributed by atoms with Crippen LogP contribution < -0.4 is 15.5 Å². The van der Waals surface area contributed by atoms with Crippen LogP contribution in [0.5, 0.6) is 0 Å². The molecule has 0 unspecified atom stereocenters. The van der Waals surface area contributed by atoms with E-state index in [4.69, 9.17) is 11.6 Å². The van der Waals surface area contributed by atoms with Crippen molar-refractivity contribution in [3.63, 3.8) is 0 Å². The van der Waals surface area contributed by atoms with Crippen LogP contribution in [0.2, 0.25) is 5.02 Å². The number of piperazine rings is 1. The van der Waals surface area contributed by atoms with Crippen LogP contribution in [0, 0.1) is 5.82 Å². The van der Waals surface area contributed by atoms with Gasteiger partial charge in [0.05, 0.1) is 5.02 Å². The zero-order valence-corrected chi connectivity index (χ0v) is 20.1. The number of nitrogens with one attached hydrogen (secondary N) is 2. The molecule has 3 amide bonds. The predicted molar refractivity (Wildman–Crippen MR) is 143 cm³/mol. The number of rotatable bonds is 4. The largest absolute Gasteiger partial charge is 0.368 e. The molecule has 1 saturated heterocycles. The third-order valence-corrected chi connectivity index (χ3v) is 6.52. The zero-order valence-electron chi connectivity index (χ0n) is 19.4. The van der Waals surface area contributed by atoms with Crippen molar-refractivity contribution in [1.82, 2.24) is 4.90 Å². The van der Waals surface area contributed by atoms with Gasteiger partial charge < -0.3 is 20.4 Å². The molecule has 6 nitrogen and oxygen atoms in total. The van der Waals surface area contributed by atoms with Crippen LogP contribution in [0.4, 0.5) is 26.2 Å². The summed E-state index contributed by atoms with van der Waals surface area (Å²) in [6.07, 6.45) is 0. The molecule has 0 radical (unpaired) electrons. The molecule has 0 saturated carbocycles. The summed E-state index contributed by atoms with van der Waals surface area (Å²) in [7, 11) is 0. The van der Waals surface area contributed by atoms with Gasteiger partial charge in [0.1, 0.15) is 5.82 Å². The summed E-state index contributed by atoms with van der Waals surface area (Å²) in [4.78, 5) is 29.4. The Hall–Kier alpha value is -4.10. The Morgan fingerprint density at radius 2 is 1.42 bits per heavy atom. The van der Waals surface area contributed by atoms with E-state index in [1.807, 2.05) is 71.6 Å². The lowest BCUT2D eigenvalue weighted by Gasteiger charge is -2.36. The molecule has 1 heterocycles. The van der Waals surface area contributed by atoms with Crippen LogP contribution in [-0.2, 0) is 0 Å². The topological polar surface area (TPSA) is 64.7 Å². The number of hydrogen-bond acceptors (Lipinski definition) is 3. The summed E-state index contributed by atoms with van der Waals surface area (Å²) in [6, 6.07) is 24.9. The van der Waals surface area contributed by atoms with E-state index in [1.54, 1.807) is 0 Å². The van der Waals surface area contributed by atoms with E-state index in [1.165, 1.54) is 18.2 Å². The minimum absolute atomic E-state index is 0.0494. The number of fused-ring (bicyclic) bond motifs is 1. The molecule has 1 fully saturated rings. The molecular weight excluding hydrogens is 479 g/mol. The van der Waals surface area contributed by atoms with Gasteiger partial charge in [0.2, 0.25) is 0 Å². The molecular formula is C28H24ClFN4O2. The molecule has 0 spiro atoms. The van der Waals surface area contributed by atoms with E-state index >= 15 is 0 Å². The first-order valence-electron chi connectivity index (χ1n) is 11.6. The van der Waals surface area contributed by atoms with Crippen LogP contribution in [0.25, 0.3) is 10.8 Å². The first-order valence-corrected chi connectivity index (χ1v) is 12.0. The Bertz CT molecular complexity index is 1420. The van der Waals surface area contributed by atoms with Gasteiger partial charge in [-0.3, -0.25) is 4.79 Å². The lowest BCUT2D eigenvalue weighted by molar-refractivity contribution is 0.0747. The lowest BCUT2D eigenvalue weighted by Crippen LogP contribution is -2.48. The van der Waals surface area contributed by atoms with E-state index in [2.05, 4.69) is 15.5 Å². The molecule has 4 aromatic rings. The normalized spacial score (nSPS) is 13.5. The van der Waals surface area contributed by atoms with Crippen molar-refractivity contribution in [2.45, 2.75) is 0 Å². The van der Waals surface area contributed by atoms with Gasteiger partial charge in [0, 0.05) is 48.8 Å². The van der Waals surface area contributed by atoms with Crippen LogP contribution >= 0.6 is 11.6 Å². The van der Waals surface area contributed by atoms with E-state index in [-0.39, 0.29) is 10.9 Å². The monoisotopic (exact) mass is 502 g/mol. The number of benzene rings is 4. The highest BCUT2D eigenvalue weighted by molar-refractivity contribution is 6.31. The van der Waals surface area contributed by atoms with Crippen molar-refractivity contribution in [2.75, 3.05) is 41.7 Å². The Morgan fingerprint density at radius 1 is 0.750 bits per heavy atom. The minimum atomic E-state index is -0.544. The standard InChI is InChI=1S/C28H24ClFN4O2/c29-25-18-23(9-12-26(25)30)32-28(36)31-22-7-10-24(11-8-22)33-13-15-34(16-14-33)27(35)21-6-5-19-3-1-2-4-20(19)17-21/h1-12,17-18H,13-16H2,(H2,31,32,36). The molecule has 5 rings (SSSR count). The summed E-state index contributed by atoms with van der Waals surface area (Å²) < 4.78 is 13.3. The Labute approximate surface area is 213 Å². The van der Waals surface area contributed by atoms with Gasteiger partial charge in [-0.2, -0.15) is 0 Å². The molecule has 36 heavy (non-hydrogen) atoms. The third kappa shape index (κ3) is 5.26. The van der Waals surface area contributed by atoms with Crippen molar-refractivity contribution in [3.8, 4) is 0 Å². The second kappa shape index (κ2) is 10.3. The molecule has 4 aromatic carbocycles. The summed E-state index contributed by atoms with van der Waals surface area (Å²) in [5.41, 5.74) is 2.74. The van der Waals surface area contributed by atoms with Crippen LogP contribution in [0.3, 0.4) is 0 Å². The third-order valence-electron chi connectivity index (χ3n) is 6.23. The highest BCUT2D eigenvalue weighted by Crippen LogP contribution is 2.23. The highest BCUT2D eigenvalue weighted by Gasteiger charge is 2.22. The average Bonchev–Trinajstić information content (AvgIpc) is 2.90. The molecule has 0 atom stereocenters. The zero-order chi connectivity index (χ0) is 25.1. The Kier molecular flexibility index (Phi) is 6.73. The predicted octanol–water partition coefficient (Wildman–Crippen LogP) is 6.24. The Balaban J connectivity index is 1.15. The molecule has 8 heteroatoms. The van der Waals surface area contributed by atoms with Gasteiger partial charge in [-0.25, -0.2) is 9.18 Å². The van der Waals surface area contributed by atoms with Crippen molar-refractivity contribution >= 4 is 51.4 Å². The minimum Gasteiger partial charge on any atom is -0.368 e. The number of urea groups is 1. The summed E-state index contributed by atoms with van der Waals surface area (Å²) in [5.74, 6) is -0.495. The highest BCUT2D eigenvalue weighted by atomic mass is 35.5. The number of carbonyl (C=O) groups excluding carboxylic acids is 2. The molecule has 182 valence electrons. The number of hydrogen-bond donors (Lipinski definition) is 2. The number of carbonyl (C=O) groups is 2. The van der Waals surface area contributed by atoms with Gasteiger partial charge in [-0.1, -0.05) is 41.9 Å². The summed E-state index contributed by atoms with van der Waals surface area (Å²) >= 11 is 5.75. The summed E-state index contributed by atoms with van der Waals surface area (Å²) in [6.45, 7) is 2.71. The number of amides is 3. The fourth-order valence-corrected chi connectivity index (χ4v) is 4.48. The Morgan fingerprint density at radius 3 is 2.14 bits per heavy atom.